The maximum atomic E-state index is 12.7. The highest BCUT2D eigenvalue weighted by Crippen LogP contribution is 2.16. The molecule has 14 heavy (non-hydrogen) atoms. The van der Waals surface area contributed by atoms with Gasteiger partial charge in [-0.2, -0.15) is 0 Å². The summed E-state index contributed by atoms with van der Waals surface area (Å²) < 4.78 is 12.7. The van der Waals surface area contributed by atoms with Crippen molar-refractivity contribution in [1.29, 1.82) is 0 Å². The molecule has 1 fully saturated rings. The Morgan fingerprint density at radius 1 is 1.29 bits per heavy atom. The number of benzene rings is 1. The summed E-state index contributed by atoms with van der Waals surface area (Å²) in [6.07, 6.45) is 3.64. The topological polar surface area (TPSA) is 12.0 Å². The molecule has 2 rings (SSSR count). The molecule has 76 valence electrons. The van der Waals surface area contributed by atoms with Crippen LogP contribution in [0.15, 0.2) is 24.3 Å². The number of hydrogen-bond donors (Lipinski definition) is 1. The van der Waals surface area contributed by atoms with Gasteiger partial charge in [0.25, 0.3) is 0 Å². The van der Waals surface area contributed by atoms with Gasteiger partial charge in [0.05, 0.1) is 0 Å². The van der Waals surface area contributed by atoms with Crippen molar-refractivity contribution in [2.24, 2.45) is 5.92 Å². The number of piperidine rings is 1. The Balaban J connectivity index is 1.92. The quantitative estimate of drug-likeness (QED) is 0.760. The largest absolute Gasteiger partial charge is 0.316 e. The maximum Gasteiger partial charge on any atom is 0.123 e. The summed E-state index contributed by atoms with van der Waals surface area (Å²) in [5, 5.41) is 3.39. The van der Waals surface area contributed by atoms with Gasteiger partial charge in [-0.05, 0) is 56.0 Å². The molecule has 0 bridgehead atoms. The predicted molar refractivity (Wildman–Crippen MR) is 55.7 cm³/mol. The molecule has 1 nitrogen and oxygen atoms in total. The van der Waals surface area contributed by atoms with Crippen molar-refractivity contribution < 1.29 is 4.39 Å². The molecule has 1 aliphatic rings. The average molecular weight is 193 g/mol. The smallest absolute Gasteiger partial charge is 0.123 e. The van der Waals surface area contributed by atoms with Crippen molar-refractivity contribution in [3.63, 3.8) is 0 Å². The molecule has 0 spiro atoms. The molecule has 0 radical (unpaired) electrons. The first-order valence-electron chi connectivity index (χ1n) is 5.30. The maximum absolute atomic E-state index is 12.7. The molecule has 1 aromatic carbocycles. The standard InChI is InChI=1S/C12H16FN/c13-12-5-3-10(4-6-12)8-11-2-1-7-14-9-11/h3-6,11,14H,1-2,7-9H2. The van der Waals surface area contributed by atoms with Gasteiger partial charge < -0.3 is 5.32 Å². The van der Waals surface area contributed by atoms with E-state index in [2.05, 4.69) is 5.32 Å². The SMILES string of the molecule is Fc1ccc(CC2CCCNC2)cc1. The van der Waals surface area contributed by atoms with Crippen molar-refractivity contribution in [2.75, 3.05) is 13.1 Å². The number of nitrogens with one attached hydrogen (secondary N) is 1. The highest BCUT2D eigenvalue weighted by atomic mass is 19.1. The first-order chi connectivity index (χ1) is 6.84. The fourth-order valence-corrected chi connectivity index (χ4v) is 2.05. The second-order valence-electron chi connectivity index (χ2n) is 4.04. The second-order valence-corrected chi connectivity index (χ2v) is 4.04. The van der Waals surface area contributed by atoms with E-state index in [1.54, 1.807) is 12.1 Å². The normalized spacial score (nSPS) is 22.2. The lowest BCUT2D eigenvalue weighted by atomic mass is 9.92. The monoisotopic (exact) mass is 193 g/mol. The van der Waals surface area contributed by atoms with Crippen LogP contribution in [-0.4, -0.2) is 13.1 Å². The van der Waals surface area contributed by atoms with Crippen LogP contribution < -0.4 is 5.32 Å². The van der Waals surface area contributed by atoms with Crippen LogP contribution in [0.1, 0.15) is 18.4 Å². The summed E-state index contributed by atoms with van der Waals surface area (Å²) in [6, 6.07) is 6.88. The molecule has 1 saturated heterocycles. The third-order valence-corrected chi connectivity index (χ3v) is 2.84. The van der Waals surface area contributed by atoms with Crippen LogP contribution in [0.2, 0.25) is 0 Å². The third kappa shape index (κ3) is 2.55. The lowest BCUT2D eigenvalue weighted by Gasteiger charge is -2.22. The fraction of sp³-hybridized carbons (Fsp3) is 0.500. The van der Waals surface area contributed by atoms with E-state index in [1.165, 1.54) is 18.4 Å². The Kier molecular flexibility index (Phi) is 3.14. The summed E-state index contributed by atoms with van der Waals surface area (Å²) in [7, 11) is 0. The molecule has 2 heteroatoms. The Labute approximate surface area is 84.3 Å². The zero-order chi connectivity index (χ0) is 9.80. The molecule has 0 aliphatic carbocycles. The van der Waals surface area contributed by atoms with Gasteiger partial charge in [-0.15, -0.1) is 0 Å². The van der Waals surface area contributed by atoms with E-state index >= 15 is 0 Å². The molecule has 1 unspecified atom stereocenters. The van der Waals surface area contributed by atoms with E-state index in [4.69, 9.17) is 0 Å². The highest BCUT2D eigenvalue weighted by Gasteiger charge is 2.12. The zero-order valence-corrected chi connectivity index (χ0v) is 8.30. The predicted octanol–water partition coefficient (Wildman–Crippen LogP) is 2.37. The van der Waals surface area contributed by atoms with Gasteiger partial charge in [0.15, 0.2) is 0 Å². The van der Waals surface area contributed by atoms with Crippen molar-refractivity contribution >= 4 is 0 Å². The fourth-order valence-electron chi connectivity index (χ4n) is 2.05. The van der Waals surface area contributed by atoms with Crippen molar-refractivity contribution in [3.05, 3.63) is 35.6 Å². The van der Waals surface area contributed by atoms with E-state index in [-0.39, 0.29) is 5.82 Å². The van der Waals surface area contributed by atoms with E-state index in [1.807, 2.05) is 12.1 Å². The first-order valence-corrected chi connectivity index (χ1v) is 5.30. The molecular formula is C12H16FN. The minimum atomic E-state index is -0.143. The summed E-state index contributed by atoms with van der Waals surface area (Å²) in [5.41, 5.74) is 1.25. The van der Waals surface area contributed by atoms with Crippen LogP contribution in [0.5, 0.6) is 0 Å². The van der Waals surface area contributed by atoms with Gasteiger partial charge in [-0.25, -0.2) is 4.39 Å². The molecule has 0 aromatic heterocycles. The van der Waals surface area contributed by atoms with Gasteiger partial charge in [0.2, 0.25) is 0 Å². The summed E-state index contributed by atoms with van der Waals surface area (Å²) in [5.74, 6) is 0.588. The van der Waals surface area contributed by atoms with Crippen LogP contribution in [0.25, 0.3) is 0 Å². The Morgan fingerprint density at radius 3 is 2.71 bits per heavy atom. The number of halogens is 1. The van der Waals surface area contributed by atoms with Gasteiger partial charge in [0.1, 0.15) is 5.82 Å². The minimum absolute atomic E-state index is 0.143. The van der Waals surface area contributed by atoms with Gasteiger partial charge in [0, 0.05) is 0 Å². The first kappa shape index (κ1) is 9.66. The molecule has 0 saturated carbocycles. The summed E-state index contributed by atoms with van der Waals surface area (Å²) >= 11 is 0. The van der Waals surface area contributed by atoms with Crippen molar-refractivity contribution in [3.8, 4) is 0 Å². The van der Waals surface area contributed by atoms with Crippen LogP contribution in [-0.2, 0) is 6.42 Å². The molecule has 1 aliphatic heterocycles. The van der Waals surface area contributed by atoms with E-state index in [9.17, 15) is 4.39 Å². The average Bonchev–Trinajstić information content (AvgIpc) is 2.23. The van der Waals surface area contributed by atoms with E-state index in [0.717, 1.165) is 25.4 Å². The van der Waals surface area contributed by atoms with Crippen molar-refractivity contribution in [2.45, 2.75) is 19.3 Å². The van der Waals surface area contributed by atoms with E-state index < -0.39 is 0 Å². The second kappa shape index (κ2) is 4.56. The molecule has 1 atom stereocenters. The highest BCUT2D eigenvalue weighted by molar-refractivity contribution is 5.16. The van der Waals surface area contributed by atoms with E-state index in [0.29, 0.717) is 0 Å². The zero-order valence-electron chi connectivity index (χ0n) is 8.30. The summed E-state index contributed by atoms with van der Waals surface area (Å²) in [6.45, 7) is 2.26. The van der Waals surface area contributed by atoms with Gasteiger partial charge in [-0.3, -0.25) is 0 Å². The lowest BCUT2D eigenvalue weighted by Crippen LogP contribution is -2.30. The number of hydrogen-bond acceptors (Lipinski definition) is 1. The van der Waals surface area contributed by atoms with Crippen molar-refractivity contribution in [1.82, 2.24) is 5.32 Å². The van der Waals surface area contributed by atoms with Crippen LogP contribution in [0.3, 0.4) is 0 Å². The van der Waals surface area contributed by atoms with Gasteiger partial charge in [-0.1, -0.05) is 12.1 Å². The molecule has 0 amide bonds. The molecular weight excluding hydrogens is 177 g/mol. The third-order valence-electron chi connectivity index (χ3n) is 2.84. The molecule has 1 heterocycles. The minimum Gasteiger partial charge on any atom is -0.316 e. The summed E-state index contributed by atoms with van der Waals surface area (Å²) in [4.78, 5) is 0. The Bertz CT molecular complexity index is 275. The van der Waals surface area contributed by atoms with Gasteiger partial charge >= 0.3 is 0 Å². The van der Waals surface area contributed by atoms with Crippen LogP contribution in [0, 0.1) is 11.7 Å². The lowest BCUT2D eigenvalue weighted by molar-refractivity contribution is 0.376. The Morgan fingerprint density at radius 2 is 2.07 bits per heavy atom. The Hall–Kier alpha value is -0.890. The molecule has 1 N–H and O–H groups in total. The molecule has 1 aromatic rings. The van der Waals surface area contributed by atoms with Crippen LogP contribution in [0.4, 0.5) is 4.39 Å². The number of rotatable bonds is 2. The van der Waals surface area contributed by atoms with Crippen LogP contribution >= 0.6 is 0 Å².